The number of ether oxygens (including phenoxy) is 2. The molecule has 0 heterocycles. The molecule has 0 fully saturated rings. The van der Waals surface area contributed by atoms with Gasteiger partial charge in [0.15, 0.2) is 0 Å². The smallest absolute Gasteiger partial charge is 0.411 e. The summed E-state index contributed by atoms with van der Waals surface area (Å²) in [6.45, 7) is 4.59. The summed E-state index contributed by atoms with van der Waals surface area (Å²) in [5.74, 6) is -0.396. The highest BCUT2D eigenvalue weighted by atomic mass is 16.5. The highest BCUT2D eigenvalue weighted by Crippen LogP contribution is 2.12. The van der Waals surface area contributed by atoms with Crippen molar-refractivity contribution in [1.29, 1.82) is 0 Å². The Morgan fingerprint density at radius 3 is 2.47 bits per heavy atom. The number of carbonyl (C=O) groups excluding carboxylic acids is 2. The molecule has 1 aromatic carbocycles. The average molecular weight is 265 g/mol. The Bertz CT molecular complexity index is 431. The molecule has 0 atom stereocenters. The number of nitrogens with one attached hydrogen (secondary N) is 1. The van der Waals surface area contributed by atoms with Crippen LogP contribution in [0.25, 0.3) is 0 Å². The maximum Gasteiger partial charge on any atom is 0.411 e. The first-order chi connectivity index (χ1) is 9.17. The van der Waals surface area contributed by atoms with Crippen LogP contribution in [0.5, 0.6) is 0 Å². The first-order valence-electron chi connectivity index (χ1n) is 6.38. The largest absolute Gasteiger partial charge is 0.462 e. The Kier molecular flexibility index (Phi) is 6.43. The number of rotatable bonds is 6. The zero-order valence-electron chi connectivity index (χ0n) is 11.3. The van der Waals surface area contributed by atoms with Gasteiger partial charge in [-0.15, -0.1) is 0 Å². The van der Waals surface area contributed by atoms with Crippen LogP contribution in [0.3, 0.4) is 0 Å². The van der Waals surface area contributed by atoms with Crippen molar-refractivity contribution in [1.82, 2.24) is 0 Å². The van der Waals surface area contributed by atoms with Crippen molar-refractivity contribution in [3.05, 3.63) is 29.8 Å². The maximum absolute atomic E-state index is 11.6. The minimum Gasteiger partial charge on any atom is -0.462 e. The molecular formula is C14H19NO4. The molecule has 19 heavy (non-hydrogen) atoms. The minimum absolute atomic E-state index is 0.365. The van der Waals surface area contributed by atoms with E-state index in [0.29, 0.717) is 24.5 Å². The van der Waals surface area contributed by atoms with Gasteiger partial charge < -0.3 is 9.47 Å². The van der Waals surface area contributed by atoms with Crippen molar-refractivity contribution in [2.24, 2.45) is 0 Å². The van der Waals surface area contributed by atoms with E-state index in [1.807, 2.05) is 13.8 Å². The highest BCUT2D eigenvalue weighted by Gasteiger charge is 2.09. The Morgan fingerprint density at radius 1 is 1.11 bits per heavy atom. The normalized spacial score (nSPS) is 9.79. The standard InChI is InChI=1S/C14H19NO4/c1-3-8-18-13(16)11-6-5-7-12(10-11)15-14(17)19-9-4-2/h5-7,10H,3-4,8-9H2,1-2H3,(H,15,17). The first-order valence-corrected chi connectivity index (χ1v) is 6.38. The fourth-order valence-electron chi connectivity index (χ4n) is 1.35. The number of benzene rings is 1. The van der Waals surface area contributed by atoms with Crippen molar-refractivity contribution in [2.45, 2.75) is 26.7 Å². The number of hydrogen-bond donors (Lipinski definition) is 1. The molecule has 0 aromatic heterocycles. The third-order valence-corrected chi connectivity index (χ3v) is 2.22. The summed E-state index contributed by atoms with van der Waals surface area (Å²) in [5, 5.41) is 2.56. The lowest BCUT2D eigenvalue weighted by molar-refractivity contribution is 0.0505. The molecule has 5 heteroatoms. The van der Waals surface area contributed by atoms with Crippen LogP contribution in [-0.4, -0.2) is 25.3 Å². The second-order valence-electron chi connectivity index (χ2n) is 3.98. The van der Waals surface area contributed by atoms with E-state index in [9.17, 15) is 9.59 Å². The lowest BCUT2D eigenvalue weighted by Crippen LogP contribution is -2.14. The molecule has 1 rings (SSSR count). The van der Waals surface area contributed by atoms with E-state index in [1.54, 1.807) is 24.3 Å². The molecule has 0 spiro atoms. The third-order valence-electron chi connectivity index (χ3n) is 2.22. The fourth-order valence-corrected chi connectivity index (χ4v) is 1.35. The molecule has 1 N–H and O–H groups in total. The van der Waals surface area contributed by atoms with Crippen LogP contribution in [-0.2, 0) is 9.47 Å². The maximum atomic E-state index is 11.6. The van der Waals surface area contributed by atoms with Gasteiger partial charge in [-0.05, 0) is 31.0 Å². The van der Waals surface area contributed by atoms with E-state index in [2.05, 4.69) is 5.32 Å². The summed E-state index contributed by atoms with van der Waals surface area (Å²) in [5.41, 5.74) is 0.911. The summed E-state index contributed by atoms with van der Waals surface area (Å²) in [7, 11) is 0. The van der Waals surface area contributed by atoms with Gasteiger partial charge in [0.2, 0.25) is 0 Å². The second kappa shape index (κ2) is 8.13. The molecular weight excluding hydrogens is 246 g/mol. The molecule has 0 saturated heterocycles. The summed E-state index contributed by atoms with van der Waals surface area (Å²) in [6.07, 6.45) is 1.00. The Morgan fingerprint density at radius 2 is 1.79 bits per heavy atom. The van der Waals surface area contributed by atoms with Crippen molar-refractivity contribution < 1.29 is 19.1 Å². The number of carbonyl (C=O) groups is 2. The van der Waals surface area contributed by atoms with Crippen LogP contribution in [0.4, 0.5) is 10.5 Å². The molecule has 0 bridgehead atoms. The first kappa shape index (κ1) is 15.0. The Hall–Kier alpha value is -2.04. The van der Waals surface area contributed by atoms with E-state index in [0.717, 1.165) is 12.8 Å². The summed E-state index contributed by atoms with van der Waals surface area (Å²) < 4.78 is 9.91. The molecule has 0 radical (unpaired) electrons. The van der Waals surface area contributed by atoms with Crippen LogP contribution >= 0.6 is 0 Å². The lowest BCUT2D eigenvalue weighted by atomic mass is 10.2. The van der Waals surface area contributed by atoms with Gasteiger partial charge in [-0.2, -0.15) is 0 Å². The zero-order chi connectivity index (χ0) is 14.1. The quantitative estimate of drug-likeness (QED) is 0.802. The predicted molar refractivity (Wildman–Crippen MR) is 72.3 cm³/mol. The summed E-state index contributed by atoms with van der Waals surface area (Å²) >= 11 is 0. The van der Waals surface area contributed by atoms with Crippen LogP contribution in [0.15, 0.2) is 24.3 Å². The highest BCUT2D eigenvalue weighted by molar-refractivity contribution is 5.92. The van der Waals surface area contributed by atoms with Crippen LogP contribution in [0.1, 0.15) is 37.0 Å². The van der Waals surface area contributed by atoms with Crippen molar-refractivity contribution in [3.63, 3.8) is 0 Å². The molecule has 104 valence electrons. The molecule has 0 saturated carbocycles. The van der Waals surface area contributed by atoms with Gasteiger partial charge in [-0.3, -0.25) is 5.32 Å². The van der Waals surface area contributed by atoms with Gasteiger partial charge in [-0.25, -0.2) is 9.59 Å². The lowest BCUT2D eigenvalue weighted by Gasteiger charge is -2.07. The van der Waals surface area contributed by atoms with Crippen molar-refractivity contribution in [3.8, 4) is 0 Å². The van der Waals surface area contributed by atoms with Crippen LogP contribution < -0.4 is 5.32 Å². The van der Waals surface area contributed by atoms with Crippen molar-refractivity contribution in [2.75, 3.05) is 18.5 Å². The van der Waals surface area contributed by atoms with E-state index >= 15 is 0 Å². The van der Waals surface area contributed by atoms with Gasteiger partial charge in [-0.1, -0.05) is 19.9 Å². The van der Waals surface area contributed by atoms with Crippen LogP contribution in [0, 0.1) is 0 Å². The van der Waals surface area contributed by atoms with Gasteiger partial charge >= 0.3 is 12.1 Å². The summed E-state index contributed by atoms with van der Waals surface area (Å²) in [4.78, 5) is 23.0. The second-order valence-corrected chi connectivity index (χ2v) is 3.98. The molecule has 5 nitrogen and oxygen atoms in total. The van der Waals surface area contributed by atoms with E-state index in [1.165, 1.54) is 0 Å². The van der Waals surface area contributed by atoms with Crippen molar-refractivity contribution >= 4 is 17.7 Å². The molecule has 0 aliphatic heterocycles. The number of anilines is 1. The molecule has 0 aliphatic rings. The van der Waals surface area contributed by atoms with Gasteiger partial charge in [0.05, 0.1) is 18.8 Å². The number of hydrogen-bond acceptors (Lipinski definition) is 4. The average Bonchev–Trinajstić information content (AvgIpc) is 2.42. The van der Waals surface area contributed by atoms with E-state index in [-0.39, 0.29) is 0 Å². The molecule has 1 aromatic rings. The van der Waals surface area contributed by atoms with Crippen LogP contribution in [0.2, 0.25) is 0 Å². The summed E-state index contributed by atoms with van der Waals surface area (Å²) in [6, 6.07) is 6.56. The third kappa shape index (κ3) is 5.42. The predicted octanol–water partition coefficient (Wildman–Crippen LogP) is 3.21. The SMILES string of the molecule is CCCOC(=O)Nc1cccc(C(=O)OCCC)c1. The Labute approximate surface area is 112 Å². The fraction of sp³-hybridized carbons (Fsp3) is 0.429. The monoisotopic (exact) mass is 265 g/mol. The zero-order valence-corrected chi connectivity index (χ0v) is 11.3. The Balaban J connectivity index is 2.61. The van der Waals surface area contributed by atoms with E-state index < -0.39 is 12.1 Å². The molecule has 0 aliphatic carbocycles. The number of amides is 1. The van der Waals surface area contributed by atoms with E-state index in [4.69, 9.17) is 9.47 Å². The molecule has 1 amide bonds. The van der Waals surface area contributed by atoms with Gasteiger partial charge in [0.1, 0.15) is 0 Å². The molecule has 0 unspecified atom stereocenters. The van der Waals surface area contributed by atoms with Gasteiger partial charge in [0.25, 0.3) is 0 Å². The topological polar surface area (TPSA) is 64.6 Å². The number of esters is 1. The van der Waals surface area contributed by atoms with Gasteiger partial charge in [0, 0.05) is 5.69 Å². The minimum atomic E-state index is -0.527.